The van der Waals surface area contributed by atoms with Crippen LogP contribution in [0.3, 0.4) is 0 Å². The molecule has 3 nitrogen and oxygen atoms in total. The first-order chi connectivity index (χ1) is 9.87. The van der Waals surface area contributed by atoms with Crippen molar-refractivity contribution in [3.8, 4) is 0 Å². The molecule has 116 valence electrons. The molecule has 2 rings (SSSR count). The number of nitrogens with zero attached hydrogens (tertiary/aromatic N) is 1. The molecule has 4 heteroatoms. The van der Waals surface area contributed by atoms with Gasteiger partial charge in [0.05, 0.1) is 12.8 Å². The van der Waals surface area contributed by atoms with Gasteiger partial charge in [-0.3, -0.25) is 4.90 Å². The lowest BCUT2D eigenvalue weighted by Gasteiger charge is -2.24. The third-order valence-electron chi connectivity index (χ3n) is 3.65. The van der Waals surface area contributed by atoms with Crippen LogP contribution in [-0.4, -0.2) is 17.5 Å². The minimum absolute atomic E-state index is 0.0974. The smallest absolute Gasteiger partial charge is 0.122 e. The van der Waals surface area contributed by atoms with E-state index in [4.69, 9.17) is 4.42 Å². The lowest BCUT2D eigenvalue weighted by molar-refractivity contribution is 0.253. The van der Waals surface area contributed by atoms with Crippen molar-refractivity contribution in [2.45, 2.75) is 52.4 Å². The molecule has 2 aromatic rings. The lowest BCUT2D eigenvalue weighted by Crippen LogP contribution is -2.35. The van der Waals surface area contributed by atoms with E-state index >= 15 is 0 Å². The van der Waals surface area contributed by atoms with Crippen LogP contribution in [0.1, 0.15) is 49.9 Å². The maximum Gasteiger partial charge on any atom is 0.122 e. The van der Waals surface area contributed by atoms with E-state index in [9.17, 15) is 0 Å². The molecule has 0 saturated heterocycles. The van der Waals surface area contributed by atoms with Crippen molar-refractivity contribution < 1.29 is 4.42 Å². The Kier molecular flexibility index (Phi) is 5.25. The summed E-state index contributed by atoms with van der Waals surface area (Å²) in [7, 11) is 2.17. The maximum absolute atomic E-state index is 5.64. The van der Waals surface area contributed by atoms with Crippen molar-refractivity contribution in [1.29, 1.82) is 0 Å². The van der Waals surface area contributed by atoms with Crippen molar-refractivity contribution in [2.75, 3.05) is 7.05 Å². The van der Waals surface area contributed by atoms with Crippen LogP contribution >= 0.6 is 11.3 Å². The Balaban J connectivity index is 1.98. The average Bonchev–Trinajstić information content (AvgIpc) is 3.05. The van der Waals surface area contributed by atoms with E-state index in [2.05, 4.69) is 68.5 Å². The van der Waals surface area contributed by atoms with Gasteiger partial charge in [-0.1, -0.05) is 6.07 Å². The average molecular weight is 306 g/mol. The molecule has 2 heterocycles. The van der Waals surface area contributed by atoms with Gasteiger partial charge < -0.3 is 9.73 Å². The van der Waals surface area contributed by atoms with Crippen LogP contribution < -0.4 is 5.32 Å². The first kappa shape index (κ1) is 16.3. The molecular weight excluding hydrogens is 280 g/mol. The Morgan fingerprint density at radius 1 is 1.33 bits per heavy atom. The van der Waals surface area contributed by atoms with E-state index in [1.54, 1.807) is 6.26 Å². The number of rotatable bonds is 6. The third-order valence-corrected chi connectivity index (χ3v) is 4.70. The van der Waals surface area contributed by atoms with E-state index < -0.39 is 0 Å². The van der Waals surface area contributed by atoms with Crippen molar-refractivity contribution in [3.63, 3.8) is 0 Å². The first-order valence-corrected chi connectivity index (χ1v) is 8.28. The van der Waals surface area contributed by atoms with Gasteiger partial charge in [-0.2, -0.15) is 0 Å². The summed E-state index contributed by atoms with van der Waals surface area (Å²) >= 11 is 1.81. The Labute approximate surface area is 132 Å². The summed E-state index contributed by atoms with van der Waals surface area (Å²) in [4.78, 5) is 3.76. The van der Waals surface area contributed by atoms with Crippen molar-refractivity contribution in [1.82, 2.24) is 10.2 Å². The molecule has 0 fully saturated rings. The lowest BCUT2D eigenvalue weighted by atomic mass is 10.1. The van der Waals surface area contributed by atoms with Crippen LogP contribution in [0.25, 0.3) is 0 Å². The fourth-order valence-corrected chi connectivity index (χ4v) is 3.01. The van der Waals surface area contributed by atoms with Gasteiger partial charge in [0.2, 0.25) is 0 Å². The minimum atomic E-state index is 0.0974. The van der Waals surface area contributed by atoms with Gasteiger partial charge in [0, 0.05) is 28.6 Å². The molecule has 0 bridgehead atoms. The number of furan rings is 1. The molecule has 0 amide bonds. The number of thiophene rings is 1. The fraction of sp³-hybridized carbons (Fsp3) is 0.529. The fourth-order valence-electron chi connectivity index (χ4n) is 2.16. The minimum Gasteiger partial charge on any atom is -0.468 e. The number of hydrogen-bond acceptors (Lipinski definition) is 4. The maximum atomic E-state index is 5.64. The Hall–Kier alpha value is -1.10. The van der Waals surface area contributed by atoms with Crippen molar-refractivity contribution >= 4 is 11.3 Å². The van der Waals surface area contributed by atoms with Crippen LogP contribution in [-0.2, 0) is 13.1 Å². The quantitative estimate of drug-likeness (QED) is 0.856. The largest absolute Gasteiger partial charge is 0.468 e. The molecule has 0 radical (unpaired) electrons. The molecule has 1 N–H and O–H groups in total. The summed E-state index contributed by atoms with van der Waals surface area (Å²) in [5.74, 6) is 1.04. The molecule has 0 aromatic carbocycles. The zero-order chi connectivity index (χ0) is 15.5. The van der Waals surface area contributed by atoms with Crippen LogP contribution in [0.4, 0.5) is 0 Å². The summed E-state index contributed by atoms with van der Waals surface area (Å²) in [6, 6.07) is 6.81. The van der Waals surface area contributed by atoms with Gasteiger partial charge in [-0.15, -0.1) is 11.3 Å². The van der Waals surface area contributed by atoms with Crippen molar-refractivity contribution in [2.24, 2.45) is 0 Å². The van der Waals surface area contributed by atoms with Gasteiger partial charge in [0.15, 0.2) is 0 Å². The van der Waals surface area contributed by atoms with Crippen molar-refractivity contribution in [3.05, 3.63) is 46.0 Å². The SMILES string of the molecule is CC(c1cccs1)N(C)Cc1ccoc1CNC(C)(C)C. The highest BCUT2D eigenvalue weighted by Gasteiger charge is 2.17. The molecule has 0 aliphatic heterocycles. The zero-order valence-electron chi connectivity index (χ0n) is 13.6. The summed E-state index contributed by atoms with van der Waals surface area (Å²) in [6.07, 6.45) is 1.79. The van der Waals surface area contributed by atoms with E-state index in [0.29, 0.717) is 6.04 Å². The Bertz CT molecular complexity index is 539. The number of hydrogen-bond donors (Lipinski definition) is 1. The van der Waals surface area contributed by atoms with E-state index in [0.717, 1.165) is 18.8 Å². The highest BCUT2D eigenvalue weighted by molar-refractivity contribution is 7.10. The molecule has 21 heavy (non-hydrogen) atoms. The zero-order valence-corrected chi connectivity index (χ0v) is 14.5. The second kappa shape index (κ2) is 6.77. The van der Waals surface area contributed by atoms with E-state index in [-0.39, 0.29) is 5.54 Å². The Morgan fingerprint density at radius 2 is 2.10 bits per heavy atom. The molecule has 1 unspecified atom stereocenters. The Morgan fingerprint density at radius 3 is 2.71 bits per heavy atom. The van der Waals surface area contributed by atoms with Crippen LogP contribution in [0.15, 0.2) is 34.3 Å². The first-order valence-electron chi connectivity index (χ1n) is 7.41. The molecule has 1 atom stereocenters. The molecule has 0 aliphatic rings. The third kappa shape index (κ3) is 4.70. The van der Waals surface area contributed by atoms with Crippen LogP contribution in [0.2, 0.25) is 0 Å². The molecule has 0 aliphatic carbocycles. The second-order valence-electron chi connectivity index (χ2n) is 6.58. The summed E-state index contributed by atoms with van der Waals surface area (Å²) in [5.41, 5.74) is 1.36. The van der Waals surface area contributed by atoms with Crippen LogP contribution in [0, 0.1) is 0 Å². The van der Waals surface area contributed by atoms with Gasteiger partial charge in [-0.05, 0) is 52.3 Å². The van der Waals surface area contributed by atoms with Crippen LogP contribution in [0.5, 0.6) is 0 Å². The van der Waals surface area contributed by atoms with Gasteiger partial charge in [-0.25, -0.2) is 0 Å². The molecular formula is C17H26N2OS. The van der Waals surface area contributed by atoms with Gasteiger partial charge >= 0.3 is 0 Å². The highest BCUT2D eigenvalue weighted by Crippen LogP contribution is 2.25. The monoisotopic (exact) mass is 306 g/mol. The predicted octanol–water partition coefficient (Wildman–Crippen LogP) is 4.42. The van der Waals surface area contributed by atoms with E-state index in [1.165, 1.54) is 10.4 Å². The second-order valence-corrected chi connectivity index (χ2v) is 7.56. The predicted molar refractivity (Wildman–Crippen MR) is 89.5 cm³/mol. The normalized spacial score (nSPS) is 13.8. The van der Waals surface area contributed by atoms with Gasteiger partial charge in [0.25, 0.3) is 0 Å². The summed E-state index contributed by atoms with van der Waals surface area (Å²) in [6.45, 7) is 10.4. The number of nitrogens with one attached hydrogen (secondary N) is 1. The molecule has 0 saturated carbocycles. The van der Waals surface area contributed by atoms with E-state index in [1.807, 2.05) is 11.3 Å². The summed E-state index contributed by atoms with van der Waals surface area (Å²) < 4.78 is 5.64. The molecule has 0 spiro atoms. The highest BCUT2D eigenvalue weighted by atomic mass is 32.1. The standard InChI is InChI=1S/C17H26N2OS/c1-13(16-7-6-10-21-16)19(5)12-14-8-9-20-15(14)11-18-17(2,3)4/h6-10,13,18H,11-12H2,1-5H3. The topological polar surface area (TPSA) is 28.4 Å². The summed E-state index contributed by atoms with van der Waals surface area (Å²) in [5, 5.41) is 5.62. The van der Waals surface area contributed by atoms with Gasteiger partial charge in [0.1, 0.15) is 5.76 Å². The molecule has 2 aromatic heterocycles.